The van der Waals surface area contributed by atoms with Gasteiger partial charge in [0.25, 0.3) is 0 Å². The zero-order chi connectivity index (χ0) is 16.4. The van der Waals surface area contributed by atoms with Gasteiger partial charge in [-0.2, -0.15) is 0 Å². The van der Waals surface area contributed by atoms with Gasteiger partial charge < -0.3 is 4.74 Å². The molecule has 3 aromatic rings. The van der Waals surface area contributed by atoms with Crippen LogP contribution in [0, 0.1) is 12.3 Å². The summed E-state index contributed by atoms with van der Waals surface area (Å²) in [6.07, 6.45) is 8.00. The van der Waals surface area contributed by atoms with Crippen LogP contribution in [0.5, 0.6) is 5.75 Å². The summed E-state index contributed by atoms with van der Waals surface area (Å²) in [5, 5.41) is 0. The normalized spacial score (nSPS) is 18.7. The topological polar surface area (TPSA) is 9.23 Å². The van der Waals surface area contributed by atoms with E-state index in [2.05, 4.69) is 30.2 Å². The smallest absolute Gasteiger partial charge is 0.214 e. The van der Waals surface area contributed by atoms with Crippen molar-refractivity contribution in [1.82, 2.24) is 0 Å². The van der Waals surface area contributed by atoms with Gasteiger partial charge in [-0.1, -0.05) is 78.9 Å². The Morgan fingerprint density at radius 1 is 0.750 bits per heavy atom. The molecular formula is C23H16O. The molecule has 0 saturated heterocycles. The van der Waals surface area contributed by atoms with Crippen LogP contribution >= 0.6 is 0 Å². The van der Waals surface area contributed by atoms with E-state index in [1.807, 2.05) is 66.7 Å². The van der Waals surface area contributed by atoms with Crippen molar-refractivity contribution in [2.45, 2.75) is 5.60 Å². The van der Waals surface area contributed by atoms with Crippen LogP contribution in [0.2, 0.25) is 0 Å². The Morgan fingerprint density at radius 3 is 2.08 bits per heavy atom. The largest absolute Gasteiger partial charge is 0.466 e. The summed E-state index contributed by atoms with van der Waals surface area (Å²) in [7, 11) is 0. The van der Waals surface area contributed by atoms with E-state index in [0.717, 1.165) is 28.0 Å². The summed E-state index contributed by atoms with van der Waals surface area (Å²) in [4.78, 5) is 0. The van der Waals surface area contributed by atoms with E-state index in [9.17, 15) is 0 Å². The summed E-state index contributed by atoms with van der Waals surface area (Å²) in [5.41, 5.74) is 3.34. The molecule has 114 valence electrons. The lowest BCUT2D eigenvalue weighted by atomic mass is 9.85. The molecular weight excluding hydrogens is 292 g/mol. The van der Waals surface area contributed by atoms with Gasteiger partial charge in [-0.3, -0.25) is 0 Å². The van der Waals surface area contributed by atoms with Crippen molar-refractivity contribution >= 4 is 5.57 Å². The van der Waals surface area contributed by atoms with E-state index in [0.29, 0.717) is 0 Å². The van der Waals surface area contributed by atoms with Crippen LogP contribution in [0.25, 0.3) is 5.57 Å². The van der Waals surface area contributed by atoms with Crippen molar-refractivity contribution < 1.29 is 4.74 Å². The zero-order valence-corrected chi connectivity index (χ0v) is 13.1. The summed E-state index contributed by atoms with van der Waals surface area (Å²) < 4.78 is 6.29. The fourth-order valence-corrected chi connectivity index (χ4v) is 3.10. The molecule has 1 nitrogen and oxygen atoms in total. The number of fused-ring (bicyclic) bond motifs is 1. The first kappa shape index (κ1) is 14.4. The Hall–Kier alpha value is -3.24. The first-order valence-electron chi connectivity index (χ1n) is 7.92. The predicted molar refractivity (Wildman–Crippen MR) is 97.5 cm³/mol. The Morgan fingerprint density at radius 2 is 1.38 bits per heavy atom. The minimum absolute atomic E-state index is 0.806. The molecule has 1 aliphatic rings. The van der Waals surface area contributed by atoms with Crippen LogP contribution in [0.1, 0.15) is 16.7 Å². The Bertz CT molecular complexity index is 933. The van der Waals surface area contributed by atoms with Gasteiger partial charge in [0, 0.05) is 11.1 Å². The van der Waals surface area contributed by atoms with Gasteiger partial charge >= 0.3 is 0 Å². The number of ether oxygens (including phenoxy) is 1. The lowest BCUT2D eigenvalue weighted by molar-refractivity contribution is 0.179. The highest BCUT2D eigenvalue weighted by Crippen LogP contribution is 2.43. The standard InChI is InChI=1S/C23H16O/c1-2-23(19-13-7-4-8-14-19)17-21(18-11-5-3-6-12-18)20-15-9-10-16-22(20)24-23/h1,3-17H. The molecule has 0 spiro atoms. The highest BCUT2D eigenvalue weighted by atomic mass is 16.5. The molecule has 1 heterocycles. The van der Waals surface area contributed by atoms with Crippen LogP contribution in [-0.2, 0) is 5.60 Å². The molecule has 0 bridgehead atoms. The average molecular weight is 308 g/mol. The molecule has 0 aromatic heterocycles. The molecule has 0 amide bonds. The molecule has 3 aromatic carbocycles. The number of hydrogen-bond acceptors (Lipinski definition) is 1. The maximum atomic E-state index is 6.29. The summed E-state index contributed by atoms with van der Waals surface area (Å²) in [6, 6.07) is 28.3. The summed E-state index contributed by atoms with van der Waals surface area (Å²) in [5.74, 6) is 3.68. The molecule has 24 heavy (non-hydrogen) atoms. The van der Waals surface area contributed by atoms with E-state index < -0.39 is 5.60 Å². The molecule has 1 heteroatoms. The van der Waals surface area contributed by atoms with Gasteiger partial charge in [0.15, 0.2) is 0 Å². The molecule has 4 rings (SSSR count). The molecule has 0 saturated carbocycles. The summed E-state index contributed by atoms with van der Waals surface area (Å²) >= 11 is 0. The Labute approximate surface area is 142 Å². The van der Waals surface area contributed by atoms with Gasteiger partial charge in [0.1, 0.15) is 5.75 Å². The van der Waals surface area contributed by atoms with E-state index in [1.54, 1.807) is 0 Å². The van der Waals surface area contributed by atoms with Crippen molar-refractivity contribution in [3.8, 4) is 18.1 Å². The average Bonchev–Trinajstić information content (AvgIpc) is 2.68. The minimum atomic E-state index is -0.902. The number of terminal acetylenes is 1. The summed E-state index contributed by atoms with van der Waals surface area (Å²) in [6.45, 7) is 0. The SMILES string of the molecule is C#CC1(c2ccccc2)C=C(c2ccccc2)c2ccccc2O1. The quantitative estimate of drug-likeness (QED) is 0.603. The van der Waals surface area contributed by atoms with Crippen LogP contribution < -0.4 is 4.74 Å². The first-order chi connectivity index (χ1) is 11.8. The molecule has 0 aliphatic carbocycles. The monoisotopic (exact) mass is 308 g/mol. The maximum Gasteiger partial charge on any atom is 0.214 e. The molecule has 0 N–H and O–H groups in total. The van der Waals surface area contributed by atoms with E-state index >= 15 is 0 Å². The molecule has 1 unspecified atom stereocenters. The van der Waals surface area contributed by atoms with Gasteiger partial charge in [-0.15, -0.1) is 6.42 Å². The molecule has 1 aliphatic heterocycles. The number of benzene rings is 3. The van der Waals surface area contributed by atoms with Gasteiger partial charge in [0.2, 0.25) is 5.60 Å². The first-order valence-corrected chi connectivity index (χ1v) is 7.92. The Kier molecular flexibility index (Phi) is 3.44. The number of para-hydroxylation sites is 1. The highest BCUT2D eigenvalue weighted by Gasteiger charge is 2.35. The number of hydrogen-bond donors (Lipinski definition) is 0. The number of rotatable bonds is 2. The zero-order valence-electron chi connectivity index (χ0n) is 13.1. The van der Waals surface area contributed by atoms with Crippen LogP contribution in [0.15, 0.2) is 91.0 Å². The predicted octanol–water partition coefficient (Wildman–Crippen LogP) is 5.04. The third-order valence-electron chi connectivity index (χ3n) is 4.30. The minimum Gasteiger partial charge on any atom is -0.466 e. The van der Waals surface area contributed by atoms with Crippen molar-refractivity contribution in [2.24, 2.45) is 0 Å². The van der Waals surface area contributed by atoms with Gasteiger partial charge in [-0.25, -0.2) is 0 Å². The fraction of sp³-hybridized carbons (Fsp3) is 0.0435. The van der Waals surface area contributed by atoms with E-state index in [1.165, 1.54) is 0 Å². The van der Waals surface area contributed by atoms with E-state index in [-0.39, 0.29) is 0 Å². The second-order valence-electron chi connectivity index (χ2n) is 5.77. The molecule has 1 atom stereocenters. The van der Waals surface area contributed by atoms with Crippen molar-refractivity contribution in [2.75, 3.05) is 0 Å². The van der Waals surface area contributed by atoms with Crippen LogP contribution in [0.4, 0.5) is 0 Å². The lowest BCUT2D eigenvalue weighted by Gasteiger charge is -2.33. The van der Waals surface area contributed by atoms with Gasteiger partial charge in [-0.05, 0) is 29.2 Å². The van der Waals surface area contributed by atoms with Crippen molar-refractivity contribution in [3.05, 3.63) is 108 Å². The Balaban J connectivity index is 1.98. The molecule has 0 fully saturated rings. The second-order valence-corrected chi connectivity index (χ2v) is 5.77. The fourth-order valence-electron chi connectivity index (χ4n) is 3.10. The van der Waals surface area contributed by atoms with Crippen LogP contribution in [-0.4, -0.2) is 0 Å². The highest BCUT2D eigenvalue weighted by molar-refractivity contribution is 5.85. The lowest BCUT2D eigenvalue weighted by Crippen LogP contribution is -2.32. The van der Waals surface area contributed by atoms with Crippen molar-refractivity contribution in [1.29, 1.82) is 0 Å². The van der Waals surface area contributed by atoms with Crippen molar-refractivity contribution in [3.63, 3.8) is 0 Å². The van der Waals surface area contributed by atoms with E-state index in [4.69, 9.17) is 11.2 Å². The maximum absolute atomic E-state index is 6.29. The molecule has 0 radical (unpaired) electrons. The second kappa shape index (κ2) is 5.76. The third kappa shape index (κ3) is 2.30. The van der Waals surface area contributed by atoms with Gasteiger partial charge in [0.05, 0.1) is 0 Å². The third-order valence-corrected chi connectivity index (χ3v) is 4.30. The van der Waals surface area contributed by atoms with Crippen LogP contribution in [0.3, 0.4) is 0 Å².